The van der Waals surface area contributed by atoms with Gasteiger partial charge < -0.3 is 5.73 Å². The Labute approximate surface area is 81.2 Å². The van der Waals surface area contributed by atoms with Gasteiger partial charge in [0.05, 0.1) is 5.75 Å². The molecule has 0 radical (unpaired) electrons. The van der Waals surface area contributed by atoms with Crippen LogP contribution in [0.3, 0.4) is 0 Å². The third-order valence-electron chi connectivity index (χ3n) is 2.11. The van der Waals surface area contributed by atoms with Crippen LogP contribution in [-0.4, -0.2) is 38.1 Å². The number of hydrogen-bond donors (Lipinski definition) is 1. The molecule has 0 saturated carbocycles. The molecule has 13 heavy (non-hydrogen) atoms. The SMILES string of the molecule is CCCS(=O)(=O)N(C)C(C)CCN. The van der Waals surface area contributed by atoms with E-state index in [2.05, 4.69) is 0 Å². The molecule has 5 heteroatoms. The van der Waals surface area contributed by atoms with Gasteiger partial charge in [-0.1, -0.05) is 6.92 Å². The minimum absolute atomic E-state index is 0.00144. The van der Waals surface area contributed by atoms with E-state index in [-0.39, 0.29) is 11.8 Å². The lowest BCUT2D eigenvalue weighted by Crippen LogP contribution is -2.37. The van der Waals surface area contributed by atoms with Crippen molar-refractivity contribution >= 4 is 10.0 Å². The molecule has 0 heterocycles. The van der Waals surface area contributed by atoms with Gasteiger partial charge in [0.15, 0.2) is 0 Å². The summed E-state index contributed by atoms with van der Waals surface area (Å²) in [5.41, 5.74) is 5.36. The second kappa shape index (κ2) is 5.57. The summed E-state index contributed by atoms with van der Waals surface area (Å²) in [7, 11) is -1.44. The Balaban J connectivity index is 4.31. The van der Waals surface area contributed by atoms with Crippen LogP contribution in [0.5, 0.6) is 0 Å². The standard InChI is InChI=1S/C8H20N2O2S/c1-4-7-13(11,12)10(3)8(2)5-6-9/h8H,4-7,9H2,1-3H3. The van der Waals surface area contributed by atoms with Gasteiger partial charge in [0, 0.05) is 13.1 Å². The maximum absolute atomic E-state index is 11.5. The Hall–Kier alpha value is -0.130. The first-order valence-electron chi connectivity index (χ1n) is 4.61. The molecule has 0 aliphatic carbocycles. The summed E-state index contributed by atoms with van der Waals surface area (Å²) >= 11 is 0. The van der Waals surface area contributed by atoms with Crippen LogP contribution in [0.15, 0.2) is 0 Å². The molecule has 0 aliphatic heterocycles. The van der Waals surface area contributed by atoms with Crippen LogP contribution in [0.25, 0.3) is 0 Å². The molecular formula is C8H20N2O2S. The average Bonchev–Trinajstić information content (AvgIpc) is 2.03. The van der Waals surface area contributed by atoms with E-state index in [1.807, 2.05) is 13.8 Å². The summed E-state index contributed by atoms with van der Waals surface area (Å²) in [6, 6.07) is 0.00144. The van der Waals surface area contributed by atoms with Gasteiger partial charge in [-0.05, 0) is 26.3 Å². The summed E-state index contributed by atoms with van der Waals surface area (Å²) in [6.45, 7) is 4.26. The zero-order chi connectivity index (χ0) is 10.5. The molecule has 0 rings (SSSR count). The number of nitrogens with zero attached hydrogens (tertiary/aromatic N) is 1. The molecule has 4 nitrogen and oxygen atoms in total. The van der Waals surface area contributed by atoms with Crippen LogP contribution in [0.1, 0.15) is 26.7 Å². The van der Waals surface area contributed by atoms with Crippen LogP contribution in [0.4, 0.5) is 0 Å². The first-order valence-corrected chi connectivity index (χ1v) is 6.22. The maximum atomic E-state index is 11.5. The van der Waals surface area contributed by atoms with Gasteiger partial charge in [0.1, 0.15) is 0 Å². The van der Waals surface area contributed by atoms with E-state index in [0.717, 1.165) is 0 Å². The van der Waals surface area contributed by atoms with Gasteiger partial charge in [0.25, 0.3) is 0 Å². The zero-order valence-electron chi connectivity index (χ0n) is 8.66. The molecule has 0 aromatic heterocycles. The largest absolute Gasteiger partial charge is 0.330 e. The average molecular weight is 208 g/mol. The highest BCUT2D eigenvalue weighted by atomic mass is 32.2. The van der Waals surface area contributed by atoms with Crippen molar-refractivity contribution in [2.45, 2.75) is 32.7 Å². The molecule has 0 aromatic carbocycles. The lowest BCUT2D eigenvalue weighted by atomic mass is 10.2. The molecule has 2 N–H and O–H groups in total. The van der Waals surface area contributed by atoms with Crippen LogP contribution in [-0.2, 0) is 10.0 Å². The Morgan fingerprint density at radius 3 is 2.38 bits per heavy atom. The normalized spacial score (nSPS) is 14.8. The minimum Gasteiger partial charge on any atom is -0.330 e. The van der Waals surface area contributed by atoms with Crippen molar-refractivity contribution in [1.29, 1.82) is 0 Å². The fourth-order valence-corrected chi connectivity index (χ4v) is 2.56. The fourth-order valence-electron chi connectivity index (χ4n) is 1.10. The Morgan fingerprint density at radius 2 is 2.00 bits per heavy atom. The van der Waals surface area contributed by atoms with Crippen LogP contribution in [0.2, 0.25) is 0 Å². The lowest BCUT2D eigenvalue weighted by Gasteiger charge is -2.23. The molecule has 0 aliphatic rings. The lowest BCUT2D eigenvalue weighted by molar-refractivity contribution is 0.374. The minimum atomic E-state index is -3.05. The monoisotopic (exact) mass is 208 g/mol. The third kappa shape index (κ3) is 4.06. The molecule has 80 valence electrons. The van der Waals surface area contributed by atoms with E-state index in [9.17, 15) is 8.42 Å². The maximum Gasteiger partial charge on any atom is 0.214 e. The smallest absolute Gasteiger partial charge is 0.214 e. The molecular weight excluding hydrogens is 188 g/mol. The summed E-state index contributed by atoms with van der Waals surface area (Å²) < 4.78 is 24.5. The molecule has 0 saturated heterocycles. The van der Waals surface area contributed by atoms with Crippen molar-refractivity contribution in [3.8, 4) is 0 Å². The molecule has 0 spiro atoms. The number of hydrogen-bond acceptors (Lipinski definition) is 3. The van der Waals surface area contributed by atoms with E-state index >= 15 is 0 Å². The zero-order valence-corrected chi connectivity index (χ0v) is 9.47. The van der Waals surface area contributed by atoms with Gasteiger partial charge in [-0.15, -0.1) is 0 Å². The molecule has 0 aromatic rings. The molecule has 0 fully saturated rings. The van der Waals surface area contributed by atoms with Crippen molar-refractivity contribution in [1.82, 2.24) is 4.31 Å². The van der Waals surface area contributed by atoms with Gasteiger partial charge in [-0.2, -0.15) is 0 Å². The van der Waals surface area contributed by atoms with Crippen LogP contribution < -0.4 is 5.73 Å². The van der Waals surface area contributed by atoms with Gasteiger partial charge >= 0.3 is 0 Å². The van der Waals surface area contributed by atoms with Crippen molar-refractivity contribution in [3.63, 3.8) is 0 Å². The van der Waals surface area contributed by atoms with Gasteiger partial charge in [-0.3, -0.25) is 0 Å². The highest BCUT2D eigenvalue weighted by Crippen LogP contribution is 2.07. The highest BCUT2D eigenvalue weighted by molar-refractivity contribution is 7.89. The van der Waals surface area contributed by atoms with E-state index < -0.39 is 10.0 Å². The number of nitrogens with two attached hydrogens (primary N) is 1. The second-order valence-electron chi connectivity index (χ2n) is 3.26. The number of sulfonamides is 1. The number of rotatable bonds is 6. The summed E-state index contributed by atoms with van der Waals surface area (Å²) in [5.74, 6) is 0.221. The molecule has 0 amide bonds. The van der Waals surface area contributed by atoms with Crippen molar-refractivity contribution in [2.75, 3.05) is 19.3 Å². The Morgan fingerprint density at radius 1 is 1.46 bits per heavy atom. The molecule has 1 atom stereocenters. The topological polar surface area (TPSA) is 63.4 Å². The first kappa shape index (κ1) is 12.9. The van der Waals surface area contributed by atoms with Crippen molar-refractivity contribution < 1.29 is 8.42 Å². The quantitative estimate of drug-likeness (QED) is 0.687. The molecule has 1 unspecified atom stereocenters. The van der Waals surface area contributed by atoms with E-state index in [1.165, 1.54) is 4.31 Å². The predicted molar refractivity (Wildman–Crippen MR) is 55.0 cm³/mol. The van der Waals surface area contributed by atoms with Crippen LogP contribution >= 0.6 is 0 Å². The third-order valence-corrected chi connectivity index (χ3v) is 4.27. The van der Waals surface area contributed by atoms with E-state index in [0.29, 0.717) is 19.4 Å². The van der Waals surface area contributed by atoms with Crippen molar-refractivity contribution in [2.24, 2.45) is 5.73 Å². The fraction of sp³-hybridized carbons (Fsp3) is 1.00. The Bertz CT molecular complexity index is 226. The van der Waals surface area contributed by atoms with E-state index in [1.54, 1.807) is 7.05 Å². The van der Waals surface area contributed by atoms with E-state index in [4.69, 9.17) is 5.73 Å². The first-order chi connectivity index (χ1) is 5.95. The van der Waals surface area contributed by atoms with Gasteiger partial charge in [0.2, 0.25) is 10.0 Å². The van der Waals surface area contributed by atoms with Crippen LogP contribution in [0, 0.1) is 0 Å². The predicted octanol–water partition coefficient (Wildman–Crippen LogP) is 0.395. The summed E-state index contributed by atoms with van der Waals surface area (Å²) in [6.07, 6.45) is 1.36. The summed E-state index contributed by atoms with van der Waals surface area (Å²) in [4.78, 5) is 0. The second-order valence-corrected chi connectivity index (χ2v) is 5.41. The molecule has 0 bridgehead atoms. The Kier molecular flexibility index (Phi) is 5.51. The van der Waals surface area contributed by atoms with Crippen molar-refractivity contribution in [3.05, 3.63) is 0 Å². The van der Waals surface area contributed by atoms with Gasteiger partial charge in [-0.25, -0.2) is 12.7 Å². The highest BCUT2D eigenvalue weighted by Gasteiger charge is 2.21. The summed E-state index contributed by atoms with van der Waals surface area (Å²) in [5, 5.41) is 0.